The summed E-state index contributed by atoms with van der Waals surface area (Å²) in [5.41, 5.74) is 3.64. The molecular weight excluding hydrogens is 290 g/mol. The molecule has 2 aromatic carbocycles. The molecule has 3 rings (SSSR count). The van der Waals surface area contributed by atoms with Gasteiger partial charge >= 0.3 is 0 Å². The van der Waals surface area contributed by atoms with Gasteiger partial charge in [-0.05, 0) is 36.2 Å². The summed E-state index contributed by atoms with van der Waals surface area (Å²) in [6, 6.07) is 14.7. The summed E-state index contributed by atoms with van der Waals surface area (Å²) in [6.45, 7) is 2.79. The highest BCUT2D eigenvalue weighted by Crippen LogP contribution is 2.36. The van der Waals surface area contributed by atoms with Gasteiger partial charge in [-0.1, -0.05) is 40.2 Å². The van der Waals surface area contributed by atoms with Crippen LogP contribution in [0.1, 0.15) is 17.2 Å². The van der Waals surface area contributed by atoms with Crippen molar-refractivity contribution in [3.63, 3.8) is 0 Å². The van der Waals surface area contributed by atoms with E-state index >= 15 is 0 Å². The maximum absolute atomic E-state index is 5.83. The molecule has 1 atom stereocenters. The molecule has 1 aliphatic rings. The Kier molecular flexibility index (Phi) is 3.00. The van der Waals surface area contributed by atoms with E-state index in [1.807, 2.05) is 18.2 Å². The van der Waals surface area contributed by atoms with Gasteiger partial charge in [0.2, 0.25) is 0 Å². The first-order valence-corrected chi connectivity index (χ1v) is 6.78. The number of aryl methyl sites for hydroxylation is 1. The Labute approximate surface area is 115 Å². The van der Waals surface area contributed by atoms with Crippen LogP contribution in [0.4, 0.5) is 5.69 Å². The fourth-order valence-corrected chi connectivity index (χ4v) is 2.62. The van der Waals surface area contributed by atoms with Crippen LogP contribution in [0.5, 0.6) is 5.75 Å². The molecule has 0 saturated heterocycles. The maximum Gasteiger partial charge on any atom is 0.143 e. The lowest BCUT2D eigenvalue weighted by Gasteiger charge is -2.28. The third-order valence-electron chi connectivity index (χ3n) is 3.24. The highest BCUT2D eigenvalue weighted by molar-refractivity contribution is 9.10. The lowest BCUT2D eigenvalue weighted by molar-refractivity contribution is 0.286. The zero-order valence-corrected chi connectivity index (χ0v) is 11.7. The van der Waals surface area contributed by atoms with E-state index in [9.17, 15) is 0 Å². The molecule has 0 aromatic heterocycles. The van der Waals surface area contributed by atoms with Crippen molar-refractivity contribution < 1.29 is 4.74 Å². The van der Waals surface area contributed by atoms with Gasteiger partial charge in [-0.2, -0.15) is 0 Å². The van der Waals surface area contributed by atoms with Gasteiger partial charge in [0.1, 0.15) is 12.4 Å². The van der Waals surface area contributed by atoms with Crippen molar-refractivity contribution in [2.24, 2.45) is 0 Å². The van der Waals surface area contributed by atoms with Crippen molar-refractivity contribution in [3.8, 4) is 5.75 Å². The smallest absolute Gasteiger partial charge is 0.143 e. The van der Waals surface area contributed by atoms with Gasteiger partial charge < -0.3 is 10.1 Å². The number of halogens is 1. The van der Waals surface area contributed by atoms with Crippen LogP contribution in [-0.4, -0.2) is 6.61 Å². The second-order valence-corrected chi connectivity index (χ2v) is 5.42. The molecule has 1 heterocycles. The fraction of sp³-hybridized carbons (Fsp3) is 0.200. The Morgan fingerprint density at radius 1 is 1.22 bits per heavy atom. The van der Waals surface area contributed by atoms with Crippen LogP contribution in [-0.2, 0) is 0 Å². The summed E-state index contributed by atoms with van der Waals surface area (Å²) in [5.74, 6) is 0.911. The Morgan fingerprint density at radius 3 is 2.89 bits per heavy atom. The average molecular weight is 304 g/mol. The zero-order chi connectivity index (χ0) is 12.5. The first-order valence-electron chi connectivity index (χ1n) is 5.98. The predicted molar refractivity (Wildman–Crippen MR) is 77.2 cm³/mol. The molecule has 92 valence electrons. The molecular formula is C15H14BrNO. The number of hydrogen-bond donors (Lipinski definition) is 1. The lowest BCUT2D eigenvalue weighted by Crippen LogP contribution is -2.24. The standard InChI is InChI=1S/C15H14BrNO/c1-10-4-2-3-5-12(10)14-9-18-15-8-11(16)6-7-13(15)17-14/h2-8,14,17H,9H2,1H3. The normalized spacial score (nSPS) is 17.6. The molecule has 0 aliphatic carbocycles. The van der Waals surface area contributed by atoms with Gasteiger partial charge in [-0.15, -0.1) is 0 Å². The van der Waals surface area contributed by atoms with Crippen molar-refractivity contribution in [1.82, 2.24) is 0 Å². The molecule has 0 fully saturated rings. The molecule has 18 heavy (non-hydrogen) atoms. The minimum atomic E-state index is 0.222. The highest BCUT2D eigenvalue weighted by Gasteiger charge is 2.21. The molecule has 0 spiro atoms. The quantitative estimate of drug-likeness (QED) is 0.848. The number of anilines is 1. The minimum Gasteiger partial charge on any atom is -0.489 e. The molecule has 2 aromatic rings. The van der Waals surface area contributed by atoms with Crippen molar-refractivity contribution >= 4 is 21.6 Å². The second kappa shape index (κ2) is 4.65. The molecule has 2 nitrogen and oxygen atoms in total. The van der Waals surface area contributed by atoms with Crippen LogP contribution >= 0.6 is 15.9 Å². The van der Waals surface area contributed by atoms with Gasteiger partial charge in [-0.3, -0.25) is 0 Å². The number of ether oxygens (including phenoxy) is 1. The SMILES string of the molecule is Cc1ccccc1C1COc2cc(Br)ccc2N1. The third-order valence-corrected chi connectivity index (χ3v) is 3.74. The number of rotatable bonds is 1. The lowest BCUT2D eigenvalue weighted by atomic mass is 10.0. The summed E-state index contributed by atoms with van der Waals surface area (Å²) in [6.07, 6.45) is 0. The van der Waals surface area contributed by atoms with E-state index in [1.165, 1.54) is 11.1 Å². The number of benzene rings is 2. The van der Waals surface area contributed by atoms with Crippen LogP contribution in [0.15, 0.2) is 46.9 Å². The molecule has 1 aliphatic heterocycles. The van der Waals surface area contributed by atoms with Crippen LogP contribution in [0.2, 0.25) is 0 Å². The first kappa shape index (κ1) is 11.6. The van der Waals surface area contributed by atoms with Crippen molar-refractivity contribution in [3.05, 3.63) is 58.1 Å². The van der Waals surface area contributed by atoms with Gasteiger partial charge in [0.15, 0.2) is 0 Å². The largest absolute Gasteiger partial charge is 0.489 e. The van der Waals surface area contributed by atoms with E-state index in [-0.39, 0.29) is 6.04 Å². The van der Waals surface area contributed by atoms with E-state index in [1.54, 1.807) is 0 Å². The molecule has 3 heteroatoms. The van der Waals surface area contributed by atoms with Crippen molar-refractivity contribution in [2.75, 3.05) is 11.9 Å². The summed E-state index contributed by atoms with van der Waals surface area (Å²) < 4.78 is 6.87. The highest BCUT2D eigenvalue weighted by atomic mass is 79.9. The number of fused-ring (bicyclic) bond motifs is 1. The van der Waals surface area contributed by atoms with Gasteiger partial charge in [0.05, 0.1) is 11.7 Å². The fourth-order valence-electron chi connectivity index (χ4n) is 2.28. The first-order chi connectivity index (χ1) is 8.74. The van der Waals surface area contributed by atoms with E-state index in [4.69, 9.17) is 4.74 Å². The number of hydrogen-bond acceptors (Lipinski definition) is 2. The van der Waals surface area contributed by atoms with Crippen LogP contribution in [0.3, 0.4) is 0 Å². The van der Waals surface area contributed by atoms with E-state index in [0.29, 0.717) is 6.61 Å². The molecule has 0 saturated carbocycles. The summed E-state index contributed by atoms with van der Waals surface area (Å²) in [4.78, 5) is 0. The molecule has 1 N–H and O–H groups in total. The second-order valence-electron chi connectivity index (χ2n) is 4.50. The third kappa shape index (κ3) is 2.10. The van der Waals surface area contributed by atoms with Gasteiger partial charge in [-0.25, -0.2) is 0 Å². The number of nitrogens with one attached hydrogen (secondary N) is 1. The van der Waals surface area contributed by atoms with E-state index in [0.717, 1.165) is 15.9 Å². The average Bonchev–Trinajstić information content (AvgIpc) is 2.39. The topological polar surface area (TPSA) is 21.3 Å². The van der Waals surface area contributed by atoms with Gasteiger partial charge in [0.25, 0.3) is 0 Å². The Balaban J connectivity index is 1.92. The zero-order valence-electron chi connectivity index (χ0n) is 10.1. The van der Waals surface area contributed by atoms with Crippen LogP contribution in [0, 0.1) is 6.92 Å². The van der Waals surface area contributed by atoms with Crippen molar-refractivity contribution in [2.45, 2.75) is 13.0 Å². The Bertz CT molecular complexity index is 582. The monoisotopic (exact) mass is 303 g/mol. The molecule has 0 bridgehead atoms. The minimum absolute atomic E-state index is 0.222. The Morgan fingerprint density at radius 2 is 2.06 bits per heavy atom. The van der Waals surface area contributed by atoms with Crippen LogP contribution < -0.4 is 10.1 Å². The maximum atomic E-state index is 5.83. The van der Waals surface area contributed by atoms with E-state index in [2.05, 4.69) is 52.4 Å². The van der Waals surface area contributed by atoms with Crippen LogP contribution in [0.25, 0.3) is 0 Å². The summed E-state index contributed by atoms with van der Waals surface area (Å²) in [5, 5.41) is 3.54. The van der Waals surface area contributed by atoms with Crippen molar-refractivity contribution in [1.29, 1.82) is 0 Å². The predicted octanol–water partition coefficient (Wildman–Crippen LogP) is 4.30. The molecule has 0 amide bonds. The molecule has 0 radical (unpaired) electrons. The van der Waals surface area contributed by atoms with Gasteiger partial charge in [0, 0.05) is 4.47 Å². The molecule has 1 unspecified atom stereocenters. The summed E-state index contributed by atoms with van der Waals surface area (Å²) >= 11 is 3.45. The van der Waals surface area contributed by atoms with E-state index < -0.39 is 0 Å². The summed E-state index contributed by atoms with van der Waals surface area (Å²) in [7, 11) is 0. The Hall–Kier alpha value is -1.48.